The van der Waals surface area contributed by atoms with Crippen molar-refractivity contribution in [3.8, 4) is 0 Å². The Morgan fingerprint density at radius 2 is 2.00 bits per heavy atom. The summed E-state index contributed by atoms with van der Waals surface area (Å²) in [5.41, 5.74) is 2.92. The number of hydrogen-bond acceptors (Lipinski definition) is 4. The molecule has 102 valence electrons. The number of rotatable bonds is 1. The second kappa shape index (κ2) is 4.97. The molecule has 2 aliphatic heterocycles. The van der Waals surface area contributed by atoms with Crippen LogP contribution in [0.5, 0.6) is 0 Å². The predicted octanol–water partition coefficient (Wildman–Crippen LogP) is 3.70. The fourth-order valence-electron chi connectivity index (χ4n) is 3.66. The summed E-state index contributed by atoms with van der Waals surface area (Å²) >= 11 is 2.00. The third-order valence-electron chi connectivity index (χ3n) is 4.63. The molecule has 3 nitrogen and oxygen atoms in total. The summed E-state index contributed by atoms with van der Waals surface area (Å²) in [7, 11) is 0. The molecular formula is C15H20N2OS. The van der Waals surface area contributed by atoms with E-state index in [2.05, 4.69) is 9.98 Å². The molecule has 0 aromatic carbocycles. The van der Waals surface area contributed by atoms with Gasteiger partial charge in [-0.2, -0.15) is 0 Å². The Morgan fingerprint density at radius 3 is 2.89 bits per heavy atom. The van der Waals surface area contributed by atoms with Gasteiger partial charge in [-0.15, -0.1) is 11.8 Å². The Kier molecular flexibility index (Phi) is 3.14. The number of thioether (sulfide) groups is 1. The van der Waals surface area contributed by atoms with Gasteiger partial charge in [-0.3, -0.25) is 4.99 Å². The van der Waals surface area contributed by atoms with Crippen LogP contribution in [-0.2, 0) is 4.74 Å². The first kappa shape index (κ1) is 12.0. The summed E-state index contributed by atoms with van der Waals surface area (Å²) in [6.07, 6.45) is 12.3. The van der Waals surface area contributed by atoms with Crippen molar-refractivity contribution >= 4 is 24.0 Å². The van der Waals surface area contributed by atoms with Crippen LogP contribution in [-0.4, -0.2) is 29.0 Å². The van der Waals surface area contributed by atoms with Crippen LogP contribution < -0.4 is 0 Å². The van der Waals surface area contributed by atoms with E-state index in [1.165, 1.54) is 56.9 Å². The van der Waals surface area contributed by atoms with E-state index in [4.69, 9.17) is 4.74 Å². The topological polar surface area (TPSA) is 34.0 Å². The summed E-state index contributed by atoms with van der Waals surface area (Å²) in [5, 5.41) is 0.965. The van der Waals surface area contributed by atoms with E-state index < -0.39 is 0 Å². The minimum Gasteiger partial charge on any atom is -0.474 e. The van der Waals surface area contributed by atoms with Crippen molar-refractivity contribution in [2.24, 2.45) is 9.98 Å². The SMILES string of the molecule is C1=NC2SC3CCCC3=C2C(OC2CCCCC2)=N1. The minimum atomic E-state index is 0.274. The largest absolute Gasteiger partial charge is 0.474 e. The lowest BCUT2D eigenvalue weighted by molar-refractivity contribution is 0.143. The van der Waals surface area contributed by atoms with Crippen LogP contribution in [0.4, 0.5) is 0 Å². The van der Waals surface area contributed by atoms with Crippen LogP contribution >= 0.6 is 11.8 Å². The Labute approximate surface area is 118 Å². The van der Waals surface area contributed by atoms with Crippen molar-refractivity contribution in [3.63, 3.8) is 0 Å². The summed E-state index contributed by atoms with van der Waals surface area (Å²) in [6.45, 7) is 0. The van der Waals surface area contributed by atoms with Gasteiger partial charge in [0.1, 0.15) is 17.8 Å². The Balaban J connectivity index is 1.58. The Bertz CT molecular complexity index is 463. The quantitative estimate of drug-likeness (QED) is 0.732. The van der Waals surface area contributed by atoms with Gasteiger partial charge in [0.2, 0.25) is 5.90 Å². The first-order chi connectivity index (χ1) is 9.42. The van der Waals surface area contributed by atoms with E-state index in [0.29, 0.717) is 11.4 Å². The van der Waals surface area contributed by atoms with Crippen molar-refractivity contribution in [1.29, 1.82) is 0 Å². The lowest BCUT2D eigenvalue weighted by atomic mass is 9.97. The second-order valence-electron chi connectivity index (χ2n) is 5.88. The molecule has 0 spiro atoms. The molecule has 0 aromatic heterocycles. The van der Waals surface area contributed by atoms with Crippen LogP contribution in [0.3, 0.4) is 0 Å². The van der Waals surface area contributed by atoms with Gasteiger partial charge in [-0.25, -0.2) is 4.99 Å². The molecule has 2 heterocycles. The fraction of sp³-hybridized carbons (Fsp3) is 0.733. The van der Waals surface area contributed by atoms with Gasteiger partial charge >= 0.3 is 0 Å². The minimum absolute atomic E-state index is 0.274. The van der Waals surface area contributed by atoms with Crippen LogP contribution in [0.15, 0.2) is 21.1 Å². The highest BCUT2D eigenvalue weighted by Crippen LogP contribution is 2.49. The lowest BCUT2D eigenvalue weighted by Gasteiger charge is -2.26. The summed E-state index contributed by atoms with van der Waals surface area (Å²) in [6, 6.07) is 0. The number of aliphatic imine (C=N–C) groups is 2. The average Bonchev–Trinajstić information content (AvgIpc) is 3.00. The molecular weight excluding hydrogens is 256 g/mol. The molecule has 2 fully saturated rings. The van der Waals surface area contributed by atoms with Crippen molar-refractivity contribution < 1.29 is 4.74 Å². The number of hydrogen-bond donors (Lipinski definition) is 0. The molecule has 2 saturated carbocycles. The van der Waals surface area contributed by atoms with Crippen LogP contribution in [0.1, 0.15) is 51.4 Å². The van der Waals surface area contributed by atoms with E-state index in [9.17, 15) is 0 Å². The zero-order valence-electron chi connectivity index (χ0n) is 11.2. The predicted molar refractivity (Wildman–Crippen MR) is 79.9 cm³/mol. The van der Waals surface area contributed by atoms with E-state index in [-0.39, 0.29) is 5.37 Å². The molecule has 4 aliphatic rings. The Morgan fingerprint density at radius 1 is 1.11 bits per heavy atom. The number of nitrogens with zero attached hydrogens (tertiary/aromatic N) is 2. The molecule has 2 atom stereocenters. The van der Waals surface area contributed by atoms with Gasteiger partial charge in [-0.1, -0.05) is 6.42 Å². The van der Waals surface area contributed by atoms with Crippen LogP contribution in [0.25, 0.3) is 0 Å². The van der Waals surface area contributed by atoms with Crippen molar-refractivity contribution in [3.05, 3.63) is 11.1 Å². The highest BCUT2D eigenvalue weighted by Gasteiger charge is 2.41. The number of ether oxygens (including phenoxy) is 1. The highest BCUT2D eigenvalue weighted by atomic mass is 32.2. The molecule has 0 radical (unpaired) electrons. The van der Waals surface area contributed by atoms with Crippen LogP contribution in [0.2, 0.25) is 0 Å². The first-order valence-electron chi connectivity index (χ1n) is 7.57. The smallest absolute Gasteiger partial charge is 0.221 e. The van der Waals surface area contributed by atoms with Crippen molar-refractivity contribution in [2.45, 2.75) is 68.1 Å². The normalized spacial score (nSPS) is 34.2. The van der Waals surface area contributed by atoms with Gasteiger partial charge in [0.15, 0.2) is 0 Å². The Hall–Kier alpha value is -0.770. The summed E-state index contributed by atoms with van der Waals surface area (Å²) in [4.78, 5) is 8.99. The maximum absolute atomic E-state index is 6.24. The van der Waals surface area contributed by atoms with Gasteiger partial charge in [-0.05, 0) is 50.5 Å². The molecule has 0 aromatic rings. The molecule has 0 bridgehead atoms. The van der Waals surface area contributed by atoms with E-state index >= 15 is 0 Å². The molecule has 2 aliphatic carbocycles. The molecule has 0 saturated heterocycles. The highest BCUT2D eigenvalue weighted by molar-refractivity contribution is 8.01. The molecule has 0 amide bonds. The van der Waals surface area contributed by atoms with E-state index in [1.807, 2.05) is 11.8 Å². The van der Waals surface area contributed by atoms with Gasteiger partial charge in [0, 0.05) is 10.8 Å². The maximum Gasteiger partial charge on any atom is 0.221 e. The molecule has 4 rings (SSSR count). The summed E-state index contributed by atoms with van der Waals surface area (Å²) in [5.74, 6) is 0.902. The second-order valence-corrected chi connectivity index (χ2v) is 7.17. The summed E-state index contributed by atoms with van der Waals surface area (Å²) < 4.78 is 6.24. The van der Waals surface area contributed by atoms with Crippen molar-refractivity contribution in [1.82, 2.24) is 0 Å². The first-order valence-corrected chi connectivity index (χ1v) is 8.51. The monoisotopic (exact) mass is 276 g/mol. The van der Waals surface area contributed by atoms with Gasteiger partial charge in [0.25, 0.3) is 0 Å². The molecule has 19 heavy (non-hydrogen) atoms. The standard InChI is InChI=1S/C15H20N2OS/c1-2-5-10(6-3-1)18-14-13-11-7-4-8-12(11)19-15(13)17-9-16-14/h9-10,12,15H,1-8H2. The third-order valence-corrected chi connectivity index (χ3v) is 6.09. The zero-order valence-corrected chi connectivity index (χ0v) is 12.0. The molecule has 0 N–H and O–H groups in total. The van der Waals surface area contributed by atoms with E-state index in [0.717, 1.165) is 5.90 Å². The van der Waals surface area contributed by atoms with Crippen molar-refractivity contribution in [2.75, 3.05) is 0 Å². The van der Waals surface area contributed by atoms with Crippen LogP contribution in [0, 0.1) is 0 Å². The fourth-order valence-corrected chi connectivity index (χ4v) is 5.19. The molecule has 2 unspecified atom stereocenters. The third kappa shape index (κ3) is 2.14. The number of fused-ring (bicyclic) bond motifs is 2. The van der Waals surface area contributed by atoms with E-state index in [1.54, 1.807) is 11.9 Å². The maximum atomic E-state index is 6.24. The lowest BCUT2D eigenvalue weighted by Crippen LogP contribution is -2.26. The van der Waals surface area contributed by atoms with Gasteiger partial charge < -0.3 is 4.74 Å². The average molecular weight is 276 g/mol. The van der Waals surface area contributed by atoms with Gasteiger partial charge in [0.05, 0.1) is 0 Å². The zero-order chi connectivity index (χ0) is 12.7. The molecule has 4 heteroatoms.